The number of halogens is 1. The van der Waals surface area contributed by atoms with Crippen molar-refractivity contribution in [2.24, 2.45) is 0 Å². The lowest BCUT2D eigenvalue weighted by molar-refractivity contribution is -0.385. The molecule has 0 spiro atoms. The minimum atomic E-state index is -0.712. The summed E-state index contributed by atoms with van der Waals surface area (Å²) < 4.78 is 17.8. The summed E-state index contributed by atoms with van der Waals surface area (Å²) in [4.78, 5) is 10.2. The monoisotopic (exact) mass is 226 g/mol. The van der Waals surface area contributed by atoms with Crippen molar-refractivity contribution in [1.29, 1.82) is 0 Å². The van der Waals surface area contributed by atoms with Crippen molar-refractivity contribution in [2.75, 3.05) is 13.3 Å². The zero-order chi connectivity index (χ0) is 12.1. The SMILES string of the molecule is CCOc1ccc([N+](=O)[O-])c([C](C)CF)c1. The summed E-state index contributed by atoms with van der Waals surface area (Å²) >= 11 is 0. The van der Waals surface area contributed by atoms with Gasteiger partial charge in [-0.3, -0.25) is 14.5 Å². The lowest BCUT2D eigenvalue weighted by atomic mass is 10.0. The van der Waals surface area contributed by atoms with Gasteiger partial charge in [0.25, 0.3) is 5.69 Å². The van der Waals surface area contributed by atoms with Crippen LogP contribution in [0, 0.1) is 16.0 Å². The Bertz CT molecular complexity index is 381. The van der Waals surface area contributed by atoms with E-state index in [1.807, 2.05) is 6.92 Å². The Morgan fingerprint density at radius 1 is 1.56 bits per heavy atom. The highest BCUT2D eigenvalue weighted by Gasteiger charge is 2.20. The highest BCUT2D eigenvalue weighted by molar-refractivity contribution is 5.52. The molecule has 0 aliphatic rings. The van der Waals surface area contributed by atoms with Crippen molar-refractivity contribution in [3.8, 4) is 5.75 Å². The van der Waals surface area contributed by atoms with E-state index in [9.17, 15) is 14.5 Å². The van der Waals surface area contributed by atoms with E-state index < -0.39 is 11.6 Å². The molecule has 0 fully saturated rings. The molecule has 0 heterocycles. The lowest BCUT2D eigenvalue weighted by Crippen LogP contribution is -2.03. The third kappa shape index (κ3) is 2.68. The summed E-state index contributed by atoms with van der Waals surface area (Å²) in [6, 6.07) is 4.34. The van der Waals surface area contributed by atoms with Gasteiger partial charge in [-0.2, -0.15) is 0 Å². The van der Waals surface area contributed by atoms with Gasteiger partial charge >= 0.3 is 0 Å². The number of alkyl halides is 1. The molecule has 4 nitrogen and oxygen atoms in total. The molecule has 1 rings (SSSR count). The zero-order valence-electron chi connectivity index (χ0n) is 9.20. The second kappa shape index (κ2) is 5.44. The number of nitrogens with zero attached hydrogens (tertiary/aromatic N) is 1. The van der Waals surface area contributed by atoms with Gasteiger partial charge in [-0.1, -0.05) is 6.92 Å². The van der Waals surface area contributed by atoms with Crippen molar-refractivity contribution in [3.63, 3.8) is 0 Å². The van der Waals surface area contributed by atoms with Gasteiger partial charge in [-0.25, -0.2) is 0 Å². The molecule has 0 unspecified atom stereocenters. The largest absolute Gasteiger partial charge is 0.494 e. The molecule has 1 aromatic carbocycles. The maximum atomic E-state index is 12.5. The quantitative estimate of drug-likeness (QED) is 0.573. The van der Waals surface area contributed by atoms with E-state index in [1.54, 1.807) is 0 Å². The van der Waals surface area contributed by atoms with E-state index in [2.05, 4.69) is 0 Å². The second-order valence-electron chi connectivity index (χ2n) is 3.28. The summed E-state index contributed by atoms with van der Waals surface area (Å²) in [5, 5.41) is 10.7. The van der Waals surface area contributed by atoms with Gasteiger partial charge in [0.1, 0.15) is 5.75 Å². The van der Waals surface area contributed by atoms with Crippen molar-refractivity contribution in [3.05, 3.63) is 39.8 Å². The van der Waals surface area contributed by atoms with Crippen molar-refractivity contribution < 1.29 is 14.1 Å². The molecule has 5 heteroatoms. The van der Waals surface area contributed by atoms with E-state index >= 15 is 0 Å². The summed E-state index contributed by atoms with van der Waals surface area (Å²) in [5.74, 6) is 0.837. The molecule has 0 N–H and O–H groups in total. The van der Waals surface area contributed by atoms with E-state index in [0.717, 1.165) is 0 Å². The smallest absolute Gasteiger partial charge is 0.273 e. The van der Waals surface area contributed by atoms with Crippen LogP contribution in [0.3, 0.4) is 0 Å². The number of rotatable bonds is 5. The third-order valence-electron chi connectivity index (χ3n) is 2.14. The molecule has 1 radical (unpaired) electrons. The van der Waals surface area contributed by atoms with Gasteiger partial charge in [-0.05, 0) is 19.1 Å². The van der Waals surface area contributed by atoms with E-state index in [0.29, 0.717) is 23.8 Å². The van der Waals surface area contributed by atoms with Gasteiger partial charge in [-0.15, -0.1) is 0 Å². The molecule has 0 saturated carbocycles. The Morgan fingerprint density at radius 3 is 2.75 bits per heavy atom. The van der Waals surface area contributed by atoms with Gasteiger partial charge < -0.3 is 4.74 Å². The van der Waals surface area contributed by atoms with Crippen molar-refractivity contribution in [1.82, 2.24) is 0 Å². The van der Waals surface area contributed by atoms with Crippen LogP contribution in [0.1, 0.15) is 19.4 Å². The van der Waals surface area contributed by atoms with Crippen LogP contribution in [-0.2, 0) is 0 Å². The summed E-state index contributed by atoms with van der Waals surface area (Å²) in [6.07, 6.45) is 0. The second-order valence-corrected chi connectivity index (χ2v) is 3.28. The number of nitro groups is 1. The highest BCUT2D eigenvalue weighted by Crippen LogP contribution is 2.30. The van der Waals surface area contributed by atoms with Crippen LogP contribution in [0.25, 0.3) is 0 Å². The number of hydrogen-bond donors (Lipinski definition) is 0. The Labute approximate surface area is 93.2 Å². The first kappa shape index (κ1) is 12.4. The fourth-order valence-corrected chi connectivity index (χ4v) is 1.34. The Balaban J connectivity index is 3.15. The minimum Gasteiger partial charge on any atom is -0.494 e. The van der Waals surface area contributed by atoms with E-state index in [4.69, 9.17) is 4.74 Å². The van der Waals surface area contributed by atoms with Crippen LogP contribution in [0.5, 0.6) is 5.75 Å². The molecule has 0 aliphatic heterocycles. The van der Waals surface area contributed by atoms with Crippen molar-refractivity contribution in [2.45, 2.75) is 13.8 Å². The molecule has 87 valence electrons. The molecular formula is C11H13FNO3. The topological polar surface area (TPSA) is 52.4 Å². The molecule has 0 amide bonds. The van der Waals surface area contributed by atoms with Crippen LogP contribution < -0.4 is 4.74 Å². The number of ether oxygens (including phenoxy) is 1. The molecule has 1 aromatic rings. The Kier molecular flexibility index (Phi) is 4.22. The predicted molar refractivity (Wildman–Crippen MR) is 58.3 cm³/mol. The first-order valence-corrected chi connectivity index (χ1v) is 4.90. The zero-order valence-corrected chi connectivity index (χ0v) is 9.20. The number of nitro benzene ring substituents is 1. The first-order valence-electron chi connectivity index (χ1n) is 4.90. The maximum absolute atomic E-state index is 12.5. The minimum absolute atomic E-state index is 0.0985. The van der Waals surface area contributed by atoms with Crippen molar-refractivity contribution >= 4 is 5.69 Å². The van der Waals surface area contributed by atoms with Crippen LogP contribution in [-0.4, -0.2) is 18.2 Å². The van der Waals surface area contributed by atoms with Crippen LogP contribution >= 0.6 is 0 Å². The highest BCUT2D eigenvalue weighted by atomic mass is 19.1. The first-order chi connectivity index (χ1) is 7.60. The van der Waals surface area contributed by atoms with Gasteiger partial charge in [0.2, 0.25) is 0 Å². The molecule has 0 aliphatic carbocycles. The molecule has 16 heavy (non-hydrogen) atoms. The average molecular weight is 226 g/mol. The third-order valence-corrected chi connectivity index (χ3v) is 2.14. The average Bonchev–Trinajstić information content (AvgIpc) is 2.28. The summed E-state index contributed by atoms with van der Waals surface area (Å²) in [7, 11) is 0. The van der Waals surface area contributed by atoms with Crippen LogP contribution in [0.2, 0.25) is 0 Å². The molecule has 0 bridgehead atoms. The van der Waals surface area contributed by atoms with Crippen LogP contribution in [0.4, 0.5) is 10.1 Å². The Hall–Kier alpha value is -1.65. The van der Waals surface area contributed by atoms with Gasteiger partial charge in [0, 0.05) is 17.5 Å². The van der Waals surface area contributed by atoms with Gasteiger partial charge in [0.15, 0.2) is 0 Å². The number of benzene rings is 1. The van der Waals surface area contributed by atoms with Crippen LogP contribution in [0.15, 0.2) is 18.2 Å². The normalized spacial score (nSPS) is 10.5. The predicted octanol–water partition coefficient (Wildman–Crippen LogP) is 2.91. The maximum Gasteiger partial charge on any atom is 0.273 e. The lowest BCUT2D eigenvalue weighted by Gasteiger charge is -2.10. The molecular weight excluding hydrogens is 213 g/mol. The fourth-order valence-electron chi connectivity index (χ4n) is 1.34. The standard InChI is InChI=1S/C11H13FNO3/c1-3-16-9-4-5-11(13(14)15)10(6-9)8(2)7-12/h4-6H,3,7H2,1-2H3. The summed E-state index contributed by atoms with van der Waals surface area (Å²) in [6.45, 7) is 3.09. The van der Waals surface area contributed by atoms with Gasteiger partial charge in [0.05, 0.1) is 18.2 Å². The number of hydrogen-bond acceptors (Lipinski definition) is 3. The summed E-state index contributed by atoms with van der Waals surface area (Å²) in [5.41, 5.74) is 0.192. The Morgan fingerprint density at radius 2 is 2.25 bits per heavy atom. The fraction of sp³-hybridized carbons (Fsp3) is 0.364. The molecule has 0 atom stereocenters. The van der Waals surface area contributed by atoms with E-state index in [1.165, 1.54) is 25.1 Å². The molecule has 0 aromatic heterocycles. The molecule has 0 saturated heterocycles. The van der Waals surface area contributed by atoms with E-state index in [-0.39, 0.29) is 5.69 Å².